The average Bonchev–Trinajstić information content (AvgIpc) is 2.99. The van der Waals surface area contributed by atoms with Gasteiger partial charge < -0.3 is 5.32 Å². The second-order valence-electron chi connectivity index (χ2n) is 4.68. The van der Waals surface area contributed by atoms with Crippen molar-refractivity contribution in [3.8, 4) is 0 Å². The van der Waals surface area contributed by atoms with Crippen molar-refractivity contribution >= 4 is 15.9 Å². The van der Waals surface area contributed by atoms with Crippen LogP contribution in [0.4, 0.5) is 0 Å². The molecule has 0 saturated heterocycles. The van der Waals surface area contributed by atoms with Crippen LogP contribution in [0.5, 0.6) is 0 Å². The molecule has 1 N–H and O–H groups in total. The van der Waals surface area contributed by atoms with Gasteiger partial charge in [-0.1, -0.05) is 48.0 Å². The summed E-state index contributed by atoms with van der Waals surface area (Å²) in [6.45, 7) is 4.55. The van der Waals surface area contributed by atoms with Gasteiger partial charge in [-0.05, 0) is 30.4 Å². The van der Waals surface area contributed by atoms with Crippen molar-refractivity contribution in [3.63, 3.8) is 0 Å². The Balaban J connectivity index is 2.19. The fourth-order valence-electron chi connectivity index (χ4n) is 1.87. The molecule has 1 aliphatic rings. The fraction of sp³-hybridized carbons (Fsp3) is 0.538. The zero-order valence-electron chi connectivity index (χ0n) is 9.33. The van der Waals surface area contributed by atoms with Crippen LogP contribution in [-0.4, -0.2) is 6.04 Å². The van der Waals surface area contributed by atoms with Gasteiger partial charge in [0.05, 0.1) is 0 Å². The highest BCUT2D eigenvalue weighted by Crippen LogP contribution is 2.32. The van der Waals surface area contributed by atoms with Crippen LogP contribution < -0.4 is 5.32 Å². The lowest BCUT2D eigenvalue weighted by Gasteiger charge is -2.24. The highest BCUT2D eigenvalue weighted by molar-refractivity contribution is 9.10. The molecule has 1 aromatic carbocycles. The first-order chi connectivity index (χ1) is 7.18. The topological polar surface area (TPSA) is 12.0 Å². The lowest BCUT2D eigenvalue weighted by atomic mass is 9.96. The van der Waals surface area contributed by atoms with Crippen LogP contribution in [-0.2, 0) is 0 Å². The Labute approximate surface area is 100 Å². The smallest absolute Gasteiger partial charge is 0.0356 e. The molecule has 1 aromatic rings. The number of hydrogen-bond acceptors (Lipinski definition) is 1. The molecular formula is C13H18BrN. The molecule has 0 aromatic heterocycles. The molecule has 1 saturated carbocycles. The van der Waals surface area contributed by atoms with Gasteiger partial charge in [-0.3, -0.25) is 0 Å². The number of halogens is 1. The molecule has 0 aliphatic heterocycles. The normalized spacial score (nSPS) is 18.1. The van der Waals surface area contributed by atoms with E-state index >= 15 is 0 Å². The zero-order chi connectivity index (χ0) is 10.8. The maximum absolute atomic E-state index is 3.72. The molecule has 15 heavy (non-hydrogen) atoms. The molecule has 1 unspecified atom stereocenters. The third kappa shape index (κ3) is 2.82. The maximum atomic E-state index is 3.72. The van der Waals surface area contributed by atoms with E-state index in [-0.39, 0.29) is 0 Å². The summed E-state index contributed by atoms with van der Waals surface area (Å²) in [5, 5.41) is 3.72. The van der Waals surface area contributed by atoms with Gasteiger partial charge in [0.1, 0.15) is 0 Å². The first-order valence-corrected chi connectivity index (χ1v) is 6.48. The lowest BCUT2D eigenvalue weighted by molar-refractivity contribution is 0.408. The van der Waals surface area contributed by atoms with E-state index in [1.807, 2.05) is 0 Å². The van der Waals surface area contributed by atoms with E-state index in [2.05, 4.69) is 59.4 Å². The van der Waals surface area contributed by atoms with Crippen LogP contribution in [0, 0.1) is 5.92 Å². The summed E-state index contributed by atoms with van der Waals surface area (Å²) in [6, 6.07) is 9.76. The summed E-state index contributed by atoms with van der Waals surface area (Å²) in [5.74, 6) is 0.629. The van der Waals surface area contributed by atoms with Crippen molar-refractivity contribution in [2.24, 2.45) is 5.92 Å². The predicted molar refractivity (Wildman–Crippen MR) is 67.9 cm³/mol. The Hall–Kier alpha value is -0.340. The van der Waals surface area contributed by atoms with Gasteiger partial charge in [0, 0.05) is 16.6 Å². The molecule has 1 fully saturated rings. The minimum absolute atomic E-state index is 0.480. The molecular weight excluding hydrogens is 250 g/mol. The summed E-state index contributed by atoms with van der Waals surface area (Å²) >= 11 is 3.64. The van der Waals surface area contributed by atoms with E-state index in [1.165, 1.54) is 22.9 Å². The quantitative estimate of drug-likeness (QED) is 0.873. The summed E-state index contributed by atoms with van der Waals surface area (Å²) in [4.78, 5) is 0. The third-order valence-corrected chi connectivity index (χ3v) is 3.62. The van der Waals surface area contributed by atoms with Crippen LogP contribution in [0.1, 0.15) is 38.3 Å². The Morgan fingerprint density at radius 1 is 1.27 bits per heavy atom. The summed E-state index contributed by atoms with van der Waals surface area (Å²) in [5.41, 5.74) is 1.39. The van der Waals surface area contributed by atoms with Crippen LogP contribution >= 0.6 is 15.9 Å². The van der Waals surface area contributed by atoms with Gasteiger partial charge in [0.2, 0.25) is 0 Å². The van der Waals surface area contributed by atoms with Gasteiger partial charge in [-0.15, -0.1) is 0 Å². The summed E-state index contributed by atoms with van der Waals surface area (Å²) in [7, 11) is 0. The molecule has 82 valence electrons. The van der Waals surface area contributed by atoms with Gasteiger partial charge in [-0.25, -0.2) is 0 Å². The van der Waals surface area contributed by atoms with E-state index in [0.717, 1.165) is 6.04 Å². The highest BCUT2D eigenvalue weighted by Gasteiger charge is 2.27. The van der Waals surface area contributed by atoms with Crippen molar-refractivity contribution < 1.29 is 0 Å². The molecule has 1 aliphatic carbocycles. The van der Waals surface area contributed by atoms with Crippen molar-refractivity contribution in [1.29, 1.82) is 0 Å². The van der Waals surface area contributed by atoms with Crippen molar-refractivity contribution in [2.75, 3.05) is 0 Å². The highest BCUT2D eigenvalue weighted by atomic mass is 79.9. The van der Waals surface area contributed by atoms with E-state index in [9.17, 15) is 0 Å². The Bertz CT molecular complexity index is 331. The summed E-state index contributed by atoms with van der Waals surface area (Å²) in [6.07, 6.45) is 2.68. The monoisotopic (exact) mass is 267 g/mol. The fourth-order valence-corrected chi connectivity index (χ4v) is 2.40. The Kier molecular flexibility index (Phi) is 3.47. The lowest BCUT2D eigenvalue weighted by Crippen LogP contribution is -2.27. The Morgan fingerprint density at radius 3 is 2.47 bits per heavy atom. The first-order valence-electron chi connectivity index (χ1n) is 5.69. The van der Waals surface area contributed by atoms with Crippen molar-refractivity contribution in [1.82, 2.24) is 5.32 Å². The van der Waals surface area contributed by atoms with Gasteiger partial charge in [0.15, 0.2) is 0 Å². The molecule has 0 radical (unpaired) electrons. The van der Waals surface area contributed by atoms with Crippen LogP contribution in [0.2, 0.25) is 0 Å². The average molecular weight is 268 g/mol. The van der Waals surface area contributed by atoms with Gasteiger partial charge >= 0.3 is 0 Å². The third-order valence-electron chi connectivity index (χ3n) is 2.90. The van der Waals surface area contributed by atoms with Gasteiger partial charge in [-0.2, -0.15) is 0 Å². The van der Waals surface area contributed by atoms with E-state index in [1.54, 1.807) is 0 Å². The predicted octanol–water partition coefficient (Wildman–Crippen LogP) is 3.90. The number of hydrogen-bond donors (Lipinski definition) is 1. The Morgan fingerprint density at radius 2 is 1.93 bits per heavy atom. The van der Waals surface area contributed by atoms with Crippen molar-refractivity contribution in [3.05, 3.63) is 34.3 Å². The molecule has 0 heterocycles. The molecule has 2 heteroatoms. The van der Waals surface area contributed by atoms with E-state index < -0.39 is 0 Å². The first kappa shape index (κ1) is 11.2. The standard InChI is InChI=1S/C13H18BrN/c1-9(2)13(15-10-7-8-10)11-5-3-4-6-12(11)14/h3-6,9-10,13,15H,7-8H2,1-2H3. The molecule has 0 spiro atoms. The SMILES string of the molecule is CC(C)C(NC1CC1)c1ccccc1Br. The molecule has 1 nitrogen and oxygen atoms in total. The van der Waals surface area contributed by atoms with Crippen molar-refractivity contribution in [2.45, 2.75) is 38.8 Å². The minimum atomic E-state index is 0.480. The van der Waals surface area contributed by atoms with E-state index in [0.29, 0.717) is 12.0 Å². The number of benzene rings is 1. The largest absolute Gasteiger partial charge is 0.307 e. The molecule has 1 atom stereocenters. The minimum Gasteiger partial charge on any atom is -0.307 e. The molecule has 0 bridgehead atoms. The zero-order valence-corrected chi connectivity index (χ0v) is 10.9. The van der Waals surface area contributed by atoms with Gasteiger partial charge in [0.25, 0.3) is 0 Å². The second kappa shape index (κ2) is 4.67. The summed E-state index contributed by atoms with van der Waals surface area (Å²) < 4.78 is 1.22. The van der Waals surface area contributed by atoms with E-state index in [4.69, 9.17) is 0 Å². The van der Waals surface area contributed by atoms with Crippen LogP contribution in [0.25, 0.3) is 0 Å². The molecule has 2 rings (SSSR count). The van der Waals surface area contributed by atoms with Crippen LogP contribution in [0.15, 0.2) is 28.7 Å². The maximum Gasteiger partial charge on any atom is 0.0356 e. The number of nitrogens with one attached hydrogen (secondary N) is 1. The van der Waals surface area contributed by atoms with Crippen LogP contribution in [0.3, 0.4) is 0 Å². The number of rotatable bonds is 4. The molecule has 0 amide bonds. The second-order valence-corrected chi connectivity index (χ2v) is 5.54.